The summed E-state index contributed by atoms with van der Waals surface area (Å²) in [6.45, 7) is 4.12. The molecule has 194 valence electrons. The van der Waals surface area contributed by atoms with Gasteiger partial charge in [-0.05, 0) is 49.6 Å². The number of aromatic nitrogens is 3. The minimum absolute atomic E-state index is 0.0231. The number of rotatable bonds is 7. The Kier molecular flexibility index (Phi) is 6.84. The highest BCUT2D eigenvalue weighted by Crippen LogP contribution is 2.39. The van der Waals surface area contributed by atoms with E-state index in [-0.39, 0.29) is 18.5 Å². The Balaban J connectivity index is 1.44. The molecule has 2 saturated heterocycles. The van der Waals surface area contributed by atoms with Gasteiger partial charge >= 0.3 is 6.03 Å². The highest BCUT2D eigenvalue weighted by molar-refractivity contribution is 5.95. The second kappa shape index (κ2) is 10.2. The van der Waals surface area contributed by atoms with Crippen molar-refractivity contribution in [3.8, 4) is 16.9 Å². The maximum absolute atomic E-state index is 13.9. The van der Waals surface area contributed by atoms with Crippen LogP contribution < -0.4 is 9.64 Å². The zero-order valence-corrected chi connectivity index (χ0v) is 21.4. The van der Waals surface area contributed by atoms with Gasteiger partial charge in [-0.15, -0.1) is 0 Å². The van der Waals surface area contributed by atoms with Crippen LogP contribution in [-0.4, -0.2) is 82.9 Å². The van der Waals surface area contributed by atoms with Gasteiger partial charge in [-0.1, -0.05) is 12.1 Å². The fourth-order valence-corrected chi connectivity index (χ4v) is 5.38. The first kappa shape index (κ1) is 24.8. The molecule has 0 saturated carbocycles. The lowest BCUT2D eigenvalue weighted by molar-refractivity contribution is -0.137. The number of piperidine rings is 1. The van der Waals surface area contributed by atoms with Gasteiger partial charge in [-0.2, -0.15) is 5.10 Å². The summed E-state index contributed by atoms with van der Waals surface area (Å²) in [5.74, 6) is 1.35. The van der Waals surface area contributed by atoms with Crippen LogP contribution in [0.2, 0.25) is 0 Å². The molecule has 2 fully saturated rings. The zero-order valence-electron chi connectivity index (χ0n) is 21.4. The number of hydrogen-bond acceptors (Lipinski definition) is 6. The van der Waals surface area contributed by atoms with Crippen molar-refractivity contribution in [1.29, 1.82) is 0 Å². The number of pyridine rings is 1. The number of methoxy groups -OCH3 is 2. The van der Waals surface area contributed by atoms with Crippen molar-refractivity contribution in [2.75, 3.05) is 45.4 Å². The molecule has 2 aliphatic heterocycles. The van der Waals surface area contributed by atoms with E-state index in [0.29, 0.717) is 44.8 Å². The Morgan fingerprint density at radius 1 is 1.16 bits per heavy atom. The molecule has 4 heterocycles. The minimum Gasteiger partial charge on any atom is -0.497 e. The molecule has 5 rings (SSSR count). The van der Waals surface area contributed by atoms with E-state index in [1.807, 2.05) is 59.3 Å². The first-order chi connectivity index (χ1) is 17.9. The summed E-state index contributed by atoms with van der Waals surface area (Å²) in [6, 6.07) is 11.6. The van der Waals surface area contributed by atoms with Crippen molar-refractivity contribution < 1.29 is 19.1 Å². The number of anilines is 1. The fraction of sp³-hybridized carbons (Fsp3) is 0.407. The lowest BCUT2D eigenvalue weighted by Crippen LogP contribution is -2.55. The normalized spacial score (nSPS) is 17.1. The molecule has 10 heteroatoms. The molecule has 3 aromatic rings. The number of benzene rings is 1. The average molecular weight is 505 g/mol. The summed E-state index contributed by atoms with van der Waals surface area (Å²) in [5.41, 5.74) is 3.33. The number of aryl methyl sites for hydroxylation is 1. The fourth-order valence-electron chi connectivity index (χ4n) is 5.38. The van der Waals surface area contributed by atoms with Gasteiger partial charge in [0.25, 0.3) is 0 Å². The second-order valence-corrected chi connectivity index (χ2v) is 9.63. The molecule has 0 radical (unpaired) electrons. The third-order valence-electron chi connectivity index (χ3n) is 7.43. The van der Waals surface area contributed by atoms with Gasteiger partial charge in [0, 0.05) is 49.8 Å². The van der Waals surface area contributed by atoms with Crippen molar-refractivity contribution in [2.45, 2.75) is 31.8 Å². The zero-order chi connectivity index (χ0) is 26.0. The first-order valence-corrected chi connectivity index (χ1v) is 12.4. The van der Waals surface area contributed by atoms with Crippen LogP contribution in [0.3, 0.4) is 0 Å². The summed E-state index contributed by atoms with van der Waals surface area (Å²) in [4.78, 5) is 36.8. The van der Waals surface area contributed by atoms with Gasteiger partial charge in [0.2, 0.25) is 5.91 Å². The largest absolute Gasteiger partial charge is 0.497 e. The van der Waals surface area contributed by atoms with Gasteiger partial charge in [-0.3, -0.25) is 14.8 Å². The molecular formula is C27H32N6O4. The smallest absolute Gasteiger partial charge is 0.326 e. The maximum Gasteiger partial charge on any atom is 0.326 e. The molecule has 10 nitrogen and oxygen atoms in total. The third kappa shape index (κ3) is 4.76. The summed E-state index contributed by atoms with van der Waals surface area (Å²) < 4.78 is 10.5. The number of likely N-dealkylation sites (tertiary alicyclic amines) is 1. The number of hydrogen-bond donors (Lipinski definition) is 1. The van der Waals surface area contributed by atoms with Crippen LogP contribution in [0.25, 0.3) is 11.1 Å². The van der Waals surface area contributed by atoms with Crippen LogP contribution in [-0.2, 0) is 16.1 Å². The molecule has 0 bridgehead atoms. The predicted molar refractivity (Wildman–Crippen MR) is 138 cm³/mol. The van der Waals surface area contributed by atoms with Crippen LogP contribution >= 0.6 is 0 Å². The SMILES string of the molecule is COCC(=O)N1CCC2(CC1)CN(c1ccc(-c3cn[nH]c3)c(C)n1)C(=O)N2Cc1cccc(OC)c1. The number of carbonyl (C=O) groups excluding carboxylic acids is 2. The minimum atomic E-state index is -0.414. The number of carbonyl (C=O) groups is 2. The third-order valence-corrected chi connectivity index (χ3v) is 7.43. The molecule has 1 aromatic carbocycles. The number of ether oxygens (including phenoxy) is 2. The van der Waals surface area contributed by atoms with E-state index in [1.54, 1.807) is 18.2 Å². The van der Waals surface area contributed by atoms with Crippen LogP contribution in [0.1, 0.15) is 24.1 Å². The Bertz CT molecular complexity index is 1270. The van der Waals surface area contributed by atoms with Gasteiger partial charge in [0.05, 0.1) is 25.4 Å². The maximum atomic E-state index is 13.9. The summed E-state index contributed by atoms with van der Waals surface area (Å²) >= 11 is 0. The molecule has 1 N–H and O–H groups in total. The molecule has 0 atom stereocenters. The van der Waals surface area contributed by atoms with Crippen molar-refractivity contribution in [1.82, 2.24) is 25.0 Å². The number of aromatic amines is 1. The van der Waals surface area contributed by atoms with E-state index in [4.69, 9.17) is 14.5 Å². The highest BCUT2D eigenvalue weighted by atomic mass is 16.5. The second-order valence-electron chi connectivity index (χ2n) is 9.63. The van der Waals surface area contributed by atoms with Crippen molar-refractivity contribution in [3.63, 3.8) is 0 Å². The van der Waals surface area contributed by atoms with E-state index in [1.165, 1.54) is 7.11 Å². The summed E-state index contributed by atoms with van der Waals surface area (Å²) in [5, 5.41) is 6.87. The average Bonchev–Trinajstić information content (AvgIpc) is 3.53. The van der Waals surface area contributed by atoms with Crippen LogP contribution in [0, 0.1) is 6.92 Å². The molecule has 0 unspecified atom stereocenters. The topological polar surface area (TPSA) is 104 Å². The van der Waals surface area contributed by atoms with Crippen LogP contribution in [0.15, 0.2) is 48.8 Å². The Hall–Kier alpha value is -3.92. The number of nitrogens with one attached hydrogen (secondary N) is 1. The highest BCUT2D eigenvalue weighted by Gasteiger charge is 2.52. The lowest BCUT2D eigenvalue weighted by Gasteiger charge is -2.43. The van der Waals surface area contributed by atoms with E-state index < -0.39 is 5.54 Å². The lowest BCUT2D eigenvalue weighted by atomic mass is 9.86. The van der Waals surface area contributed by atoms with Crippen LogP contribution in [0.5, 0.6) is 5.75 Å². The molecule has 0 aliphatic carbocycles. The van der Waals surface area contributed by atoms with Gasteiger partial charge in [0.15, 0.2) is 0 Å². The number of H-pyrrole nitrogens is 1. The van der Waals surface area contributed by atoms with Gasteiger partial charge in [-0.25, -0.2) is 9.78 Å². The predicted octanol–water partition coefficient (Wildman–Crippen LogP) is 3.24. The van der Waals surface area contributed by atoms with Crippen molar-refractivity contribution in [2.24, 2.45) is 0 Å². The Morgan fingerprint density at radius 3 is 2.65 bits per heavy atom. The quantitative estimate of drug-likeness (QED) is 0.530. The van der Waals surface area contributed by atoms with E-state index in [0.717, 1.165) is 28.1 Å². The van der Waals surface area contributed by atoms with E-state index in [9.17, 15) is 9.59 Å². The number of urea groups is 1. The van der Waals surface area contributed by atoms with Crippen molar-refractivity contribution in [3.05, 3.63) is 60.0 Å². The summed E-state index contributed by atoms with van der Waals surface area (Å²) in [6.07, 6.45) is 4.95. The Labute approximate surface area is 216 Å². The standard InChI is InChI=1S/C27H32N6O4/c1-19-23(21-14-28-29-15-21)7-8-24(30-19)32-18-27(9-11-31(12-10-27)25(34)17-36-2)33(26(32)35)16-20-5-4-6-22(13-20)37-3/h4-8,13-15H,9-12,16-18H2,1-3H3,(H,28,29). The first-order valence-electron chi connectivity index (χ1n) is 12.4. The molecule has 1 spiro atoms. The molecule has 3 amide bonds. The molecule has 2 aromatic heterocycles. The van der Waals surface area contributed by atoms with E-state index >= 15 is 0 Å². The Morgan fingerprint density at radius 2 is 1.97 bits per heavy atom. The van der Waals surface area contributed by atoms with Crippen LogP contribution in [0.4, 0.5) is 10.6 Å². The number of nitrogens with zero attached hydrogens (tertiary/aromatic N) is 5. The number of amides is 3. The monoisotopic (exact) mass is 504 g/mol. The molecular weight excluding hydrogens is 472 g/mol. The van der Waals surface area contributed by atoms with E-state index in [2.05, 4.69) is 10.2 Å². The van der Waals surface area contributed by atoms with Gasteiger partial charge in [0.1, 0.15) is 18.2 Å². The molecule has 2 aliphatic rings. The molecule has 37 heavy (non-hydrogen) atoms. The van der Waals surface area contributed by atoms with Crippen molar-refractivity contribution >= 4 is 17.8 Å². The summed E-state index contributed by atoms with van der Waals surface area (Å²) in [7, 11) is 3.16. The van der Waals surface area contributed by atoms with Gasteiger partial charge < -0.3 is 19.3 Å².